The van der Waals surface area contributed by atoms with Crippen molar-refractivity contribution in [3.05, 3.63) is 29.8 Å². The molecule has 5 heteroatoms. The first-order chi connectivity index (χ1) is 9.48. The standard InChI is InChI=1S/C16H25NO3S/c1-15(2)14(16(15,3)4)17-10-13(18)11-6-8-12(9-7-11)21(5,19)20/h6-9,13-14,17-18H,10H2,1-5H3. The second kappa shape index (κ2) is 5.07. The van der Waals surface area contributed by atoms with Crippen LogP contribution in [-0.2, 0) is 9.84 Å². The van der Waals surface area contributed by atoms with Crippen molar-refractivity contribution in [3.8, 4) is 0 Å². The van der Waals surface area contributed by atoms with E-state index in [4.69, 9.17) is 0 Å². The van der Waals surface area contributed by atoms with Crippen LogP contribution in [0.5, 0.6) is 0 Å². The Morgan fingerprint density at radius 2 is 1.62 bits per heavy atom. The van der Waals surface area contributed by atoms with Crippen LogP contribution < -0.4 is 5.32 Å². The molecule has 1 unspecified atom stereocenters. The van der Waals surface area contributed by atoms with Crippen molar-refractivity contribution < 1.29 is 13.5 Å². The Bertz CT molecular complexity index is 603. The molecule has 4 nitrogen and oxygen atoms in total. The van der Waals surface area contributed by atoms with Crippen molar-refractivity contribution in [2.45, 2.75) is 44.7 Å². The van der Waals surface area contributed by atoms with Crippen molar-refractivity contribution in [3.63, 3.8) is 0 Å². The van der Waals surface area contributed by atoms with Gasteiger partial charge < -0.3 is 10.4 Å². The van der Waals surface area contributed by atoms with E-state index in [0.717, 1.165) is 5.56 Å². The first-order valence-electron chi connectivity index (χ1n) is 7.19. The molecule has 2 rings (SSSR count). The predicted octanol–water partition coefficient (Wildman–Crippen LogP) is 2.15. The van der Waals surface area contributed by atoms with E-state index < -0.39 is 15.9 Å². The van der Waals surface area contributed by atoms with Crippen LogP contribution >= 0.6 is 0 Å². The van der Waals surface area contributed by atoms with Gasteiger partial charge in [0.1, 0.15) is 0 Å². The van der Waals surface area contributed by atoms with Crippen LogP contribution in [0.25, 0.3) is 0 Å². The average Bonchev–Trinajstić information content (AvgIpc) is 2.76. The van der Waals surface area contributed by atoms with Gasteiger partial charge in [0.2, 0.25) is 0 Å². The predicted molar refractivity (Wildman–Crippen MR) is 83.9 cm³/mol. The molecule has 1 aromatic carbocycles. The maximum atomic E-state index is 11.4. The molecule has 0 heterocycles. The molecule has 0 aliphatic heterocycles. The van der Waals surface area contributed by atoms with E-state index in [9.17, 15) is 13.5 Å². The molecule has 1 fully saturated rings. The van der Waals surface area contributed by atoms with Gasteiger partial charge in [-0.2, -0.15) is 0 Å². The zero-order valence-corrected chi connectivity index (χ0v) is 14.2. The number of sulfone groups is 1. The number of hydrogen-bond acceptors (Lipinski definition) is 4. The van der Waals surface area contributed by atoms with Gasteiger partial charge in [0.25, 0.3) is 0 Å². The average molecular weight is 311 g/mol. The molecule has 1 atom stereocenters. The maximum absolute atomic E-state index is 11.4. The number of hydrogen-bond donors (Lipinski definition) is 2. The molecule has 1 aliphatic carbocycles. The van der Waals surface area contributed by atoms with Crippen LogP contribution in [0.15, 0.2) is 29.2 Å². The largest absolute Gasteiger partial charge is 0.387 e. The number of rotatable bonds is 5. The highest BCUT2D eigenvalue weighted by molar-refractivity contribution is 7.90. The van der Waals surface area contributed by atoms with E-state index in [-0.39, 0.29) is 15.7 Å². The molecule has 0 bridgehead atoms. The van der Waals surface area contributed by atoms with Crippen molar-refractivity contribution in [1.29, 1.82) is 0 Å². The number of aliphatic hydroxyl groups excluding tert-OH is 1. The summed E-state index contributed by atoms with van der Waals surface area (Å²) in [5, 5.41) is 13.6. The van der Waals surface area contributed by atoms with Gasteiger partial charge in [-0.1, -0.05) is 39.8 Å². The Morgan fingerprint density at radius 1 is 1.14 bits per heavy atom. The molecule has 1 aliphatic rings. The SMILES string of the molecule is CC1(C)C(NCC(O)c2ccc(S(C)(=O)=O)cc2)C1(C)C. The molecular formula is C16H25NO3S. The monoisotopic (exact) mass is 311 g/mol. The molecule has 1 saturated carbocycles. The van der Waals surface area contributed by atoms with Gasteiger partial charge in [-0.05, 0) is 28.5 Å². The minimum absolute atomic E-state index is 0.229. The second-order valence-electron chi connectivity index (χ2n) is 7.14. The van der Waals surface area contributed by atoms with E-state index in [1.807, 2.05) is 0 Å². The lowest BCUT2D eigenvalue weighted by Crippen LogP contribution is -2.27. The highest BCUT2D eigenvalue weighted by Crippen LogP contribution is 2.62. The third-order valence-electron chi connectivity index (χ3n) is 5.23. The highest BCUT2D eigenvalue weighted by atomic mass is 32.2. The first-order valence-corrected chi connectivity index (χ1v) is 9.08. The van der Waals surface area contributed by atoms with Gasteiger partial charge in [0, 0.05) is 18.8 Å². The third-order valence-corrected chi connectivity index (χ3v) is 6.36. The summed E-state index contributed by atoms with van der Waals surface area (Å²) in [4.78, 5) is 0.274. The van der Waals surface area contributed by atoms with E-state index in [1.165, 1.54) is 6.26 Å². The summed E-state index contributed by atoms with van der Waals surface area (Å²) in [5.74, 6) is 0. The Balaban J connectivity index is 1.97. The summed E-state index contributed by atoms with van der Waals surface area (Å²) >= 11 is 0. The number of aliphatic hydroxyl groups is 1. The molecular weight excluding hydrogens is 286 g/mol. The lowest BCUT2D eigenvalue weighted by atomic mass is 10.0. The van der Waals surface area contributed by atoms with Crippen LogP contribution in [0.3, 0.4) is 0 Å². The summed E-state index contributed by atoms with van der Waals surface area (Å²) in [6, 6.07) is 6.81. The molecule has 0 amide bonds. The molecule has 1 aromatic rings. The fraction of sp³-hybridized carbons (Fsp3) is 0.625. The van der Waals surface area contributed by atoms with Gasteiger partial charge >= 0.3 is 0 Å². The zero-order chi connectivity index (χ0) is 16.1. The Kier molecular flexibility index (Phi) is 3.98. The van der Waals surface area contributed by atoms with Crippen molar-refractivity contribution in [1.82, 2.24) is 5.32 Å². The lowest BCUT2D eigenvalue weighted by Gasteiger charge is -2.14. The van der Waals surface area contributed by atoms with Crippen LogP contribution in [0.4, 0.5) is 0 Å². The fourth-order valence-corrected chi connectivity index (χ4v) is 3.62. The normalized spacial score (nSPS) is 22.0. The topological polar surface area (TPSA) is 66.4 Å². The molecule has 21 heavy (non-hydrogen) atoms. The molecule has 0 aromatic heterocycles. The summed E-state index contributed by atoms with van der Waals surface area (Å²) in [5.41, 5.74) is 1.19. The molecule has 0 radical (unpaired) electrons. The smallest absolute Gasteiger partial charge is 0.175 e. The van der Waals surface area contributed by atoms with Gasteiger partial charge in [0.15, 0.2) is 9.84 Å². The van der Waals surface area contributed by atoms with Gasteiger partial charge in [-0.3, -0.25) is 0 Å². The van der Waals surface area contributed by atoms with E-state index >= 15 is 0 Å². The summed E-state index contributed by atoms with van der Waals surface area (Å²) in [6.45, 7) is 9.35. The Labute approximate surface area is 127 Å². The second-order valence-corrected chi connectivity index (χ2v) is 9.16. The van der Waals surface area contributed by atoms with Crippen LogP contribution in [0.2, 0.25) is 0 Å². The van der Waals surface area contributed by atoms with Gasteiger partial charge in [-0.25, -0.2) is 8.42 Å². The minimum Gasteiger partial charge on any atom is -0.387 e. The van der Waals surface area contributed by atoms with Crippen molar-refractivity contribution in [2.75, 3.05) is 12.8 Å². The van der Waals surface area contributed by atoms with E-state index in [1.54, 1.807) is 24.3 Å². The first kappa shape index (κ1) is 16.5. The van der Waals surface area contributed by atoms with Crippen LogP contribution in [-0.4, -0.2) is 32.4 Å². The number of nitrogens with one attached hydrogen (secondary N) is 1. The maximum Gasteiger partial charge on any atom is 0.175 e. The zero-order valence-electron chi connectivity index (χ0n) is 13.3. The molecule has 0 saturated heterocycles. The van der Waals surface area contributed by atoms with Crippen LogP contribution in [0, 0.1) is 10.8 Å². The Morgan fingerprint density at radius 3 is 2.00 bits per heavy atom. The molecule has 0 spiro atoms. The molecule has 2 N–H and O–H groups in total. The summed E-state index contributed by atoms with van der Waals surface area (Å²) in [7, 11) is -3.19. The summed E-state index contributed by atoms with van der Waals surface area (Å²) in [6.07, 6.45) is 0.544. The highest BCUT2D eigenvalue weighted by Gasteiger charge is 2.64. The number of benzene rings is 1. The fourth-order valence-electron chi connectivity index (χ4n) is 2.99. The van der Waals surface area contributed by atoms with Crippen molar-refractivity contribution >= 4 is 9.84 Å². The summed E-state index contributed by atoms with van der Waals surface area (Å²) < 4.78 is 22.8. The third kappa shape index (κ3) is 3.00. The minimum atomic E-state index is -3.19. The van der Waals surface area contributed by atoms with Gasteiger partial charge in [0.05, 0.1) is 11.0 Å². The van der Waals surface area contributed by atoms with E-state index in [2.05, 4.69) is 33.0 Å². The lowest BCUT2D eigenvalue weighted by molar-refractivity contribution is 0.172. The van der Waals surface area contributed by atoms with Gasteiger partial charge in [-0.15, -0.1) is 0 Å². The van der Waals surface area contributed by atoms with E-state index in [0.29, 0.717) is 12.6 Å². The Hall–Kier alpha value is -0.910. The van der Waals surface area contributed by atoms with Crippen molar-refractivity contribution in [2.24, 2.45) is 10.8 Å². The molecule has 118 valence electrons. The quantitative estimate of drug-likeness (QED) is 0.874. The van der Waals surface area contributed by atoms with Crippen LogP contribution in [0.1, 0.15) is 39.4 Å².